The van der Waals surface area contributed by atoms with Crippen LogP contribution in [-0.4, -0.2) is 19.4 Å². The summed E-state index contributed by atoms with van der Waals surface area (Å²) in [5.74, 6) is -0.207. The molecule has 0 bridgehead atoms. The molecule has 0 fully saturated rings. The summed E-state index contributed by atoms with van der Waals surface area (Å²) in [6.45, 7) is 1.39. The van der Waals surface area contributed by atoms with Gasteiger partial charge in [0.15, 0.2) is 0 Å². The third kappa shape index (κ3) is 3.96. The van der Waals surface area contributed by atoms with Crippen molar-refractivity contribution in [2.24, 2.45) is 0 Å². The van der Waals surface area contributed by atoms with Gasteiger partial charge in [-0.2, -0.15) is 0 Å². The third-order valence-corrected chi connectivity index (χ3v) is 4.00. The first-order valence-corrected chi connectivity index (χ1v) is 7.55. The summed E-state index contributed by atoms with van der Waals surface area (Å²) in [7, 11) is -3.71. The number of aromatic hydroxyl groups is 1. The molecule has 0 heterocycles. The van der Waals surface area contributed by atoms with Gasteiger partial charge in [-0.15, -0.1) is 0 Å². The Bertz CT molecular complexity index is 738. The monoisotopic (exact) mass is 306 g/mol. The van der Waals surface area contributed by atoms with E-state index in [0.29, 0.717) is 11.4 Å². The van der Waals surface area contributed by atoms with Gasteiger partial charge >= 0.3 is 0 Å². The number of sulfonamides is 1. The standard InChI is InChI=1S/C14H14N2O4S/c1-10(17)15-11-2-4-12(5-3-11)16-21(19,20)14-8-6-13(18)7-9-14/h2-9,16,18H,1H3,(H,15,17). The lowest BCUT2D eigenvalue weighted by Gasteiger charge is -2.09. The molecule has 0 aliphatic rings. The van der Waals surface area contributed by atoms with Crippen LogP contribution in [0.5, 0.6) is 5.75 Å². The average Bonchev–Trinajstić information content (AvgIpc) is 2.40. The van der Waals surface area contributed by atoms with E-state index in [1.807, 2.05) is 0 Å². The van der Waals surface area contributed by atoms with Crippen LogP contribution in [0.25, 0.3) is 0 Å². The van der Waals surface area contributed by atoms with Crippen LogP contribution in [0.15, 0.2) is 53.4 Å². The molecule has 6 nitrogen and oxygen atoms in total. The number of hydrogen-bond donors (Lipinski definition) is 3. The van der Waals surface area contributed by atoms with Crippen molar-refractivity contribution >= 4 is 27.3 Å². The van der Waals surface area contributed by atoms with E-state index in [1.165, 1.54) is 31.2 Å². The highest BCUT2D eigenvalue weighted by Gasteiger charge is 2.13. The van der Waals surface area contributed by atoms with E-state index in [9.17, 15) is 13.2 Å². The van der Waals surface area contributed by atoms with Crippen LogP contribution < -0.4 is 10.0 Å². The number of phenols is 1. The van der Waals surface area contributed by atoms with Crippen LogP contribution >= 0.6 is 0 Å². The molecule has 110 valence electrons. The second kappa shape index (κ2) is 5.84. The number of benzene rings is 2. The zero-order valence-electron chi connectivity index (χ0n) is 11.2. The number of phenolic OH excluding ortho intramolecular Hbond substituents is 1. The SMILES string of the molecule is CC(=O)Nc1ccc(NS(=O)(=O)c2ccc(O)cc2)cc1. The smallest absolute Gasteiger partial charge is 0.261 e. The number of nitrogens with one attached hydrogen (secondary N) is 2. The quantitative estimate of drug-likeness (QED) is 0.806. The van der Waals surface area contributed by atoms with E-state index in [4.69, 9.17) is 5.11 Å². The fourth-order valence-corrected chi connectivity index (χ4v) is 2.72. The van der Waals surface area contributed by atoms with Gasteiger partial charge in [0.2, 0.25) is 5.91 Å². The minimum absolute atomic E-state index is 0.00592. The molecule has 0 aliphatic carbocycles. The number of rotatable bonds is 4. The maximum Gasteiger partial charge on any atom is 0.261 e. The van der Waals surface area contributed by atoms with Gasteiger partial charge in [-0.25, -0.2) is 8.42 Å². The van der Waals surface area contributed by atoms with Crippen molar-refractivity contribution in [3.05, 3.63) is 48.5 Å². The molecule has 0 saturated carbocycles. The molecule has 21 heavy (non-hydrogen) atoms. The van der Waals surface area contributed by atoms with Crippen molar-refractivity contribution in [2.45, 2.75) is 11.8 Å². The summed E-state index contributed by atoms with van der Waals surface area (Å²) in [5.41, 5.74) is 0.951. The molecular formula is C14H14N2O4S. The maximum atomic E-state index is 12.1. The number of amides is 1. The molecule has 2 aromatic rings. The van der Waals surface area contributed by atoms with Crippen LogP contribution in [-0.2, 0) is 14.8 Å². The Kier molecular flexibility index (Phi) is 4.13. The van der Waals surface area contributed by atoms with Gasteiger partial charge in [-0.1, -0.05) is 0 Å². The van der Waals surface area contributed by atoms with Gasteiger partial charge in [0.05, 0.1) is 4.90 Å². The topological polar surface area (TPSA) is 95.5 Å². The summed E-state index contributed by atoms with van der Waals surface area (Å²) >= 11 is 0. The van der Waals surface area contributed by atoms with E-state index in [2.05, 4.69) is 10.0 Å². The van der Waals surface area contributed by atoms with Crippen molar-refractivity contribution in [1.29, 1.82) is 0 Å². The lowest BCUT2D eigenvalue weighted by molar-refractivity contribution is -0.114. The molecule has 0 aliphatic heterocycles. The molecule has 2 rings (SSSR count). The largest absolute Gasteiger partial charge is 0.508 e. The molecule has 2 aromatic carbocycles. The lowest BCUT2D eigenvalue weighted by Crippen LogP contribution is -2.13. The molecular weight excluding hydrogens is 292 g/mol. The summed E-state index contributed by atoms with van der Waals surface area (Å²) in [6.07, 6.45) is 0. The summed E-state index contributed by atoms with van der Waals surface area (Å²) < 4.78 is 26.6. The first kappa shape index (κ1) is 14.9. The minimum atomic E-state index is -3.71. The molecule has 0 atom stereocenters. The molecule has 0 spiro atoms. The molecule has 3 N–H and O–H groups in total. The highest BCUT2D eigenvalue weighted by molar-refractivity contribution is 7.92. The third-order valence-electron chi connectivity index (χ3n) is 2.60. The zero-order valence-corrected chi connectivity index (χ0v) is 12.0. The van der Waals surface area contributed by atoms with Gasteiger partial charge in [-0.3, -0.25) is 9.52 Å². The Morgan fingerprint density at radius 1 is 0.952 bits per heavy atom. The van der Waals surface area contributed by atoms with E-state index in [1.54, 1.807) is 24.3 Å². The molecule has 0 aromatic heterocycles. The Hall–Kier alpha value is -2.54. The Morgan fingerprint density at radius 3 is 2.00 bits per heavy atom. The zero-order chi connectivity index (χ0) is 15.5. The number of carbonyl (C=O) groups excluding carboxylic acids is 1. The van der Waals surface area contributed by atoms with E-state index in [-0.39, 0.29) is 16.6 Å². The molecule has 7 heteroatoms. The Labute approximate surface area is 122 Å². The predicted molar refractivity (Wildman–Crippen MR) is 79.7 cm³/mol. The molecule has 0 radical (unpaired) electrons. The summed E-state index contributed by atoms with van der Waals surface area (Å²) in [6, 6.07) is 11.5. The normalized spacial score (nSPS) is 10.9. The number of carbonyl (C=O) groups is 1. The van der Waals surface area contributed by atoms with Crippen LogP contribution in [0.3, 0.4) is 0 Å². The average molecular weight is 306 g/mol. The fourth-order valence-electron chi connectivity index (χ4n) is 1.66. The van der Waals surface area contributed by atoms with E-state index >= 15 is 0 Å². The highest BCUT2D eigenvalue weighted by Crippen LogP contribution is 2.20. The second-order valence-electron chi connectivity index (χ2n) is 4.36. The van der Waals surface area contributed by atoms with E-state index in [0.717, 1.165) is 0 Å². The van der Waals surface area contributed by atoms with Gasteiger partial charge in [-0.05, 0) is 48.5 Å². The predicted octanol–water partition coefficient (Wildman–Crippen LogP) is 2.15. The second-order valence-corrected chi connectivity index (χ2v) is 6.04. The first-order valence-electron chi connectivity index (χ1n) is 6.06. The Balaban J connectivity index is 2.16. The van der Waals surface area contributed by atoms with Crippen molar-refractivity contribution in [3.63, 3.8) is 0 Å². The molecule has 0 unspecified atom stereocenters. The summed E-state index contributed by atoms with van der Waals surface area (Å²) in [4.78, 5) is 10.9. The first-order chi connectivity index (χ1) is 9.87. The minimum Gasteiger partial charge on any atom is -0.508 e. The Morgan fingerprint density at radius 2 is 1.48 bits per heavy atom. The molecule has 1 amide bonds. The van der Waals surface area contributed by atoms with Crippen molar-refractivity contribution in [1.82, 2.24) is 0 Å². The fraction of sp³-hybridized carbons (Fsp3) is 0.0714. The van der Waals surface area contributed by atoms with Gasteiger partial charge in [0.1, 0.15) is 5.75 Å². The summed E-state index contributed by atoms with van der Waals surface area (Å²) in [5, 5.41) is 11.8. The van der Waals surface area contributed by atoms with Crippen LogP contribution in [0, 0.1) is 0 Å². The lowest BCUT2D eigenvalue weighted by atomic mass is 10.3. The van der Waals surface area contributed by atoms with Crippen LogP contribution in [0.1, 0.15) is 6.92 Å². The van der Waals surface area contributed by atoms with Gasteiger partial charge in [0, 0.05) is 18.3 Å². The van der Waals surface area contributed by atoms with Gasteiger partial charge in [0.25, 0.3) is 10.0 Å². The maximum absolute atomic E-state index is 12.1. The van der Waals surface area contributed by atoms with E-state index < -0.39 is 10.0 Å². The highest BCUT2D eigenvalue weighted by atomic mass is 32.2. The van der Waals surface area contributed by atoms with Crippen molar-refractivity contribution in [3.8, 4) is 5.75 Å². The molecule has 0 saturated heterocycles. The van der Waals surface area contributed by atoms with Gasteiger partial charge < -0.3 is 10.4 Å². The number of anilines is 2. The van der Waals surface area contributed by atoms with Crippen molar-refractivity contribution < 1.29 is 18.3 Å². The van der Waals surface area contributed by atoms with Crippen LogP contribution in [0.4, 0.5) is 11.4 Å². The van der Waals surface area contributed by atoms with Crippen LogP contribution in [0.2, 0.25) is 0 Å². The number of hydrogen-bond acceptors (Lipinski definition) is 4. The van der Waals surface area contributed by atoms with Crippen molar-refractivity contribution in [2.75, 3.05) is 10.0 Å².